The van der Waals surface area contributed by atoms with Gasteiger partial charge in [0.1, 0.15) is 11.6 Å². The number of hydrogen-bond acceptors (Lipinski definition) is 7. The molecule has 0 spiro atoms. The van der Waals surface area contributed by atoms with Crippen LogP contribution in [-0.2, 0) is 0 Å². The molecule has 7 nitrogen and oxygen atoms in total. The maximum Gasteiger partial charge on any atom is 0.229 e. The molecule has 0 unspecified atom stereocenters. The molecule has 2 aromatic rings. The molecule has 1 aromatic heterocycles. The zero-order valence-corrected chi connectivity index (χ0v) is 18.6. The van der Waals surface area contributed by atoms with Gasteiger partial charge in [0, 0.05) is 24.8 Å². The zero-order valence-electron chi connectivity index (χ0n) is 18.6. The molecule has 7 heteroatoms. The largest absolute Gasteiger partial charge is 0.354 e. The van der Waals surface area contributed by atoms with Gasteiger partial charge >= 0.3 is 0 Å². The van der Waals surface area contributed by atoms with Crippen LogP contribution in [0.2, 0.25) is 0 Å². The molecule has 0 amide bonds. The van der Waals surface area contributed by atoms with Crippen molar-refractivity contribution in [1.82, 2.24) is 14.9 Å². The first-order chi connectivity index (χ1) is 15.7. The molecule has 3 fully saturated rings. The van der Waals surface area contributed by atoms with Crippen molar-refractivity contribution in [3.8, 4) is 12.1 Å². The Morgan fingerprint density at radius 3 is 2.62 bits per heavy atom. The van der Waals surface area contributed by atoms with E-state index in [-0.39, 0.29) is 0 Å². The Kier molecular flexibility index (Phi) is 5.68. The van der Waals surface area contributed by atoms with Gasteiger partial charge in [0.2, 0.25) is 5.95 Å². The molecule has 1 aromatic carbocycles. The maximum absolute atomic E-state index is 9.71. The van der Waals surface area contributed by atoms with Gasteiger partial charge in [-0.2, -0.15) is 15.5 Å². The van der Waals surface area contributed by atoms with Crippen LogP contribution in [0.4, 0.5) is 17.5 Å². The Morgan fingerprint density at radius 2 is 1.84 bits per heavy atom. The lowest BCUT2D eigenvalue weighted by Gasteiger charge is -2.47. The highest BCUT2D eigenvalue weighted by atomic mass is 15.3. The number of nitrogens with one attached hydrogen (secondary N) is 1. The molecule has 2 atom stereocenters. The lowest BCUT2D eigenvalue weighted by Crippen LogP contribution is -2.56. The minimum Gasteiger partial charge on any atom is -0.354 e. The average molecular weight is 428 g/mol. The summed E-state index contributed by atoms with van der Waals surface area (Å²) in [5.74, 6) is 1.66. The molecule has 5 rings (SSSR count). The monoisotopic (exact) mass is 427 g/mol. The van der Waals surface area contributed by atoms with E-state index in [0.29, 0.717) is 40.9 Å². The van der Waals surface area contributed by atoms with Crippen molar-refractivity contribution in [3.63, 3.8) is 0 Å². The van der Waals surface area contributed by atoms with Gasteiger partial charge < -0.3 is 10.2 Å². The summed E-state index contributed by atoms with van der Waals surface area (Å²) in [6, 6.07) is 11.4. The lowest BCUT2D eigenvalue weighted by atomic mass is 9.88. The minimum atomic E-state index is 0.349. The van der Waals surface area contributed by atoms with Crippen molar-refractivity contribution in [2.45, 2.75) is 62.9 Å². The van der Waals surface area contributed by atoms with Crippen LogP contribution in [0.3, 0.4) is 0 Å². The summed E-state index contributed by atoms with van der Waals surface area (Å²) in [7, 11) is 2.06. The van der Waals surface area contributed by atoms with Gasteiger partial charge in [-0.3, -0.25) is 4.90 Å². The number of piperidine rings is 2. The first-order valence-electron chi connectivity index (χ1n) is 11.7. The highest BCUT2D eigenvalue weighted by Gasteiger charge is 2.36. The van der Waals surface area contributed by atoms with Crippen LogP contribution in [0, 0.1) is 22.7 Å². The first-order valence-corrected chi connectivity index (χ1v) is 11.7. The summed E-state index contributed by atoms with van der Waals surface area (Å²) < 4.78 is 0. The number of anilines is 3. The van der Waals surface area contributed by atoms with E-state index in [4.69, 9.17) is 4.98 Å². The van der Waals surface area contributed by atoms with Crippen LogP contribution in [0.1, 0.15) is 67.6 Å². The van der Waals surface area contributed by atoms with E-state index in [1.165, 1.54) is 38.8 Å². The van der Waals surface area contributed by atoms with Crippen LogP contribution in [-0.4, -0.2) is 47.1 Å². The molecule has 0 bridgehead atoms. The van der Waals surface area contributed by atoms with Crippen LogP contribution >= 0.6 is 0 Å². The molecular weight excluding hydrogens is 398 g/mol. The molecule has 1 aliphatic carbocycles. The van der Waals surface area contributed by atoms with Crippen molar-refractivity contribution >= 4 is 17.5 Å². The lowest BCUT2D eigenvalue weighted by molar-refractivity contribution is 0.0893. The zero-order chi connectivity index (χ0) is 22.1. The number of nitriles is 2. The average Bonchev–Trinajstić information content (AvgIpc) is 3.68. The minimum absolute atomic E-state index is 0.349. The third-order valence-electron chi connectivity index (χ3n) is 7.22. The molecule has 1 N–H and O–H groups in total. The Hall–Kier alpha value is -3.16. The topological polar surface area (TPSA) is 91.9 Å². The third kappa shape index (κ3) is 4.01. The standard InChI is InChI=1S/C25H29N7/c1-31(22-6-4-12-32-11-3-2-5-23(22)32)24-19(15-27)16-28-25(30-24)29-20-9-10-21(17-7-8-17)18(13-20)14-26/h9-10,13,16-17,22-23H,2-8,11-12H2,1H3,(H,28,29,30)/t22-,23+/m0/s1. The van der Waals surface area contributed by atoms with Gasteiger partial charge in [-0.25, -0.2) is 4.98 Å². The number of benzene rings is 1. The van der Waals surface area contributed by atoms with E-state index in [9.17, 15) is 10.5 Å². The molecule has 2 saturated heterocycles. The second kappa shape index (κ2) is 8.76. The van der Waals surface area contributed by atoms with Crippen molar-refractivity contribution in [1.29, 1.82) is 10.5 Å². The molecule has 3 heterocycles. The van der Waals surface area contributed by atoms with E-state index in [2.05, 4.69) is 39.3 Å². The fourth-order valence-corrected chi connectivity index (χ4v) is 5.43. The van der Waals surface area contributed by atoms with Gasteiger partial charge in [0.15, 0.2) is 5.82 Å². The van der Waals surface area contributed by atoms with Gasteiger partial charge in [-0.05, 0) is 75.2 Å². The van der Waals surface area contributed by atoms with Gasteiger partial charge in [-0.15, -0.1) is 0 Å². The predicted octanol–water partition coefficient (Wildman–Crippen LogP) is 4.29. The van der Waals surface area contributed by atoms with E-state index < -0.39 is 0 Å². The number of likely N-dealkylation sites (N-methyl/N-ethyl adjacent to an activating group) is 1. The van der Waals surface area contributed by atoms with Crippen molar-refractivity contribution < 1.29 is 0 Å². The molecule has 0 radical (unpaired) electrons. The second-order valence-corrected chi connectivity index (χ2v) is 9.28. The third-order valence-corrected chi connectivity index (χ3v) is 7.22. The van der Waals surface area contributed by atoms with Crippen molar-refractivity contribution in [3.05, 3.63) is 41.1 Å². The highest BCUT2D eigenvalue weighted by molar-refractivity contribution is 5.62. The summed E-state index contributed by atoms with van der Waals surface area (Å²) >= 11 is 0. The van der Waals surface area contributed by atoms with Crippen molar-refractivity contribution in [2.75, 3.05) is 30.4 Å². The van der Waals surface area contributed by atoms with Gasteiger partial charge in [-0.1, -0.05) is 12.5 Å². The number of rotatable bonds is 5. The van der Waals surface area contributed by atoms with E-state index in [0.717, 1.165) is 30.5 Å². The molecular formula is C25H29N7. The Morgan fingerprint density at radius 1 is 1.03 bits per heavy atom. The molecule has 1 saturated carbocycles. The molecule has 3 aliphatic rings. The summed E-state index contributed by atoms with van der Waals surface area (Å²) in [5, 5.41) is 22.5. The van der Waals surface area contributed by atoms with Crippen LogP contribution in [0.15, 0.2) is 24.4 Å². The quantitative estimate of drug-likeness (QED) is 0.761. The summed E-state index contributed by atoms with van der Waals surface area (Å²) in [4.78, 5) is 13.9. The Balaban J connectivity index is 1.40. The number of hydrogen-bond donors (Lipinski definition) is 1. The van der Waals surface area contributed by atoms with E-state index >= 15 is 0 Å². The summed E-state index contributed by atoms with van der Waals surface area (Å²) in [6.45, 7) is 2.35. The van der Waals surface area contributed by atoms with Crippen LogP contribution in [0.25, 0.3) is 0 Å². The Bertz CT molecular complexity index is 1080. The fraction of sp³-hybridized carbons (Fsp3) is 0.520. The summed E-state index contributed by atoms with van der Waals surface area (Å²) in [5.41, 5.74) is 3.13. The number of nitrogens with zero attached hydrogens (tertiary/aromatic N) is 6. The molecule has 2 aliphatic heterocycles. The first kappa shape index (κ1) is 20.7. The number of fused-ring (bicyclic) bond motifs is 1. The van der Waals surface area contributed by atoms with E-state index in [1.54, 1.807) is 6.20 Å². The second-order valence-electron chi connectivity index (χ2n) is 9.28. The SMILES string of the molecule is CN(c1nc(Nc2ccc(C3CC3)c(C#N)c2)ncc1C#N)[C@H]1CCCN2CCCC[C@H]12. The molecule has 32 heavy (non-hydrogen) atoms. The summed E-state index contributed by atoms with van der Waals surface area (Å²) in [6.07, 6.45) is 9.97. The predicted molar refractivity (Wildman–Crippen MR) is 124 cm³/mol. The van der Waals surface area contributed by atoms with Gasteiger partial charge in [0.05, 0.1) is 17.8 Å². The smallest absolute Gasteiger partial charge is 0.229 e. The van der Waals surface area contributed by atoms with Crippen LogP contribution < -0.4 is 10.2 Å². The van der Waals surface area contributed by atoms with E-state index in [1.807, 2.05) is 18.2 Å². The highest BCUT2D eigenvalue weighted by Crippen LogP contribution is 2.42. The fourth-order valence-electron chi connectivity index (χ4n) is 5.43. The normalized spacial score (nSPS) is 23.0. The maximum atomic E-state index is 9.71. The molecule has 164 valence electrons. The number of aromatic nitrogens is 2. The Labute approximate surface area is 189 Å². The van der Waals surface area contributed by atoms with Gasteiger partial charge in [0.25, 0.3) is 0 Å². The van der Waals surface area contributed by atoms with Crippen LogP contribution in [0.5, 0.6) is 0 Å². The van der Waals surface area contributed by atoms with Crippen molar-refractivity contribution in [2.24, 2.45) is 0 Å².